The monoisotopic (exact) mass is 352 g/mol. The summed E-state index contributed by atoms with van der Waals surface area (Å²) in [6, 6.07) is 12.5. The molecule has 0 N–H and O–H groups in total. The van der Waals surface area contributed by atoms with Crippen molar-refractivity contribution in [1.29, 1.82) is 0 Å². The van der Waals surface area contributed by atoms with Crippen molar-refractivity contribution in [3.05, 3.63) is 42.0 Å². The number of alkyl halides is 1. The number of ether oxygens (including phenoxy) is 3. The Morgan fingerprint density at radius 2 is 1.81 bits per heavy atom. The predicted octanol–water partition coefficient (Wildman–Crippen LogP) is 4.17. The molecule has 114 valence electrons. The van der Waals surface area contributed by atoms with Gasteiger partial charge >= 0.3 is 0 Å². The van der Waals surface area contributed by atoms with Crippen LogP contribution in [0.3, 0.4) is 0 Å². The predicted molar refractivity (Wildman–Crippen MR) is 89.4 cm³/mol. The van der Waals surface area contributed by atoms with Crippen molar-refractivity contribution in [2.45, 2.75) is 11.8 Å². The first-order valence-corrected chi connectivity index (χ1v) is 8.25. The second kappa shape index (κ2) is 9.03. The molecule has 0 amide bonds. The molecule has 0 radical (unpaired) electrons. The fourth-order valence-corrected chi connectivity index (χ4v) is 2.79. The Kier molecular flexibility index (Phi) is 7.00. The highest BCUT2D eigenvalue weighted by Gasteiger charge is 2.07. The van der Waals surface area contributed by atoms with E-state index < -0.39 is 0 Å². The van der Waals surface area contributed by atoms with Gasteiger partial charge in [-0.3, -0.25) is 0 Å². The highest BCUT2D eigenvalue weighted by atomic mass is 79.9. The molecular weight excluding hydrogens is 332 g/mol. The summed E-state index contributed by atoms with van der Waals surface area (Å²) in [5.41, 5.74) is 1.19. The third-order valence-corrected chi connectivity index (χ3v) is 3.81. The molecule has 0 fully saturated rings. The molecule has 0 aliphatic heterocycles. The highest BCUT2D eigenvalue weighted by molar-refractivity contribution is 9.08. The first-order chi connectivity index (χ1) is 10.4. The van der Waals surface area contributed by atoms with Crippen LogP contribution in [0.1, 0.15) is 12.0 Å². The van der Waals surface area contributed by atoms with Crippen molar-refractivity contribution in [1.82, 2.24) is 0 Å². The molecule has 0 aliphatic carbocycles. The van der Waals surface area contributed by atoms with Gasteiger partial charge in [-0.1, -0.05) is 46.3 Å². The van der Waals surface area contributed by atoms with Gasteiger partial charge < -0.3 is 14.2 Å². The molecule has 3 nitrogen and oxygen atoms in total. The number of halogens is 1. The smallest absolute Gasteiger partial charge is 0.124 e. The fraction of sp³-hybridized carbons (Fsp3) is 0.412. The maximum atomic E-state index is 5.86. The molecule has 0 aromatic heterocycles. The van der Waals surface area contributed by atoms with Gasteiger partial charge in [-0.15, -0.1) is 0 Å². The Morgan fingerprint density at radius 3 is 2.62 bits per heavy atom. The Balaban J connectivity index is 1.90. The van der Waals surface area contributed by atoms with Crippen LogP contribution >= 0.6 is 15.9 Å². The van der Waals surface area contributed by atoms with Crippen molar-refractivity contribution >= 4 is 26.7 Å². The molecule has 4 heteroatoms. The SMILES string of the molecule is COCCCOCCOc1ccc2ccccc2c1CBr. The Labute approximate surface area is 134 Å². The summed E-state index contributed by atoms with van der Waals surface area (Å²) in [6.07, 6.45) is 0.916. The molecule has 0 saturated carbocycles. The van der Waals surface area contributed by atoms with Gasteiger partial charge in [-0.2, -0.15) is 0 Å². The third kappa shape index (κ3) is 4.70. The summed E-state index contributed by atoms with van der Waals surface area (Å²) in [5, 5.41) is 3.24. The zero-order valence-electron chi connectivity index (χ0n) is 12.3. The summed E-state index contributed by atoms with van der Waals surface area (Å²) >= 11 is 3.56. The zero-order chi connectivity index (χ0) is 14.9. The van der Waals surface area contributed by atoms with Crippen LogP contribution in [-0.2, 0) is 14.8 Å². The average molecular weight is 353 g/mol. The molecule has 0 saturated heterocycles. The van der Waals surface area contributed by atoms with Crippen molar-refractivity contribution in [2.24, 2.45) is 0 Å². The lowest BCUT2D eigenvalue weighted by Gasteiger charge is -2.13. The lowest BCUT2D eigenvalue weighted by Crippen LogP contribution is -2.09. The molecule has 2 aromatic rings. The lowest BCUT2D eigenvalue weighted by molar-refractivity contribution is 0.0805. The minimum atomic E-state index is 0.561. The van der Waals surface area contributed by atoms with Gasteiger partial charge in [0.15, 0.2) is 0 Å². The van der Waals surface area contributed by atoms with Gasteiger partial charge in [0.05, 0.1) is 6.61 Å². The van der Waals surface area contributed by atoms with Crippen LogP contribution in [-0.4, -0.2) is 33.5 Å². The first kappa shape index (κ1) is 16.3. The van der Waals surface area contributed by atoms with Crippen LogP contribution < -0.4 is 4.74 Å². The van der Waals surface area contributed by atoms with E-state index in [1.54, 1.807) is 7.11 Å². The molecule has 2 rings (SSSR count). The van der Waals surface area contributed by atoms with E-state index in [2.05, 4.69) is 46.3 Å². The van der Waals surface area contributed by atoms with Crippen LogP contribution in [0.5, 0.6) is 5.75 Å². The number of hydrogen-bond acceptors (Lipinski definition) is 3. The molecule has 2 aromatic carbocycles. The van der Waals surface area contributed by atoms with Crippen molar-refractivity contribution < 1.29 is 14.2 Å². The maximum absolute atomic E-state index is 5.86. The number of rotatable bonds is 9. The third-order valence-electron chi connectivity index (χ3n) is 3.25. The Bertz CT molecular complexity index is 557. The normalized spacial score (nSPS) is 11.0. The number of hydrogen-bond donors (Lipinski definition) is 0. The fourth-order valence-electron chi connectivity index (χ4n) is 2.21. The molecule has 0 aliphatic rings. The molecular formula is C17H21BrO3. The van der Waals surface area contributed by atoms with E-state index in [0.717, 1.165) is 24.1 Å². The van der Waals surface area contributed by atoms with Crippen LogP contribution in [0.4, 0.5) is 0 Å². The van der Waals surface area contributed by atoms with E-state index in [1.165, 1.54) is 16.3 Å². The summed E-state index contributed by atoms with van der Waals surface area (Å²) in [5.74, 6) is 0.922. The summed E-state index contributed by atoms with van der Waals surface area (Å²) in [4.78, 5) is 0. The topological polar surface area (TPSA) is 27.7 Å². The van der Waals surface area contributed by atoms with E-state index >= 15 is 0 Å². The summed E-state index contributed by atoms with van der Waals surface area (Å²) < 4.78 is 16.3. The average Bonchev–Trinajstić information content (AvgIpc) is 2.53. The molecule has 0 unspecified atom stereocenters. The van der Waals surface area contributed by atoms with Crippen LogP contribution in [0, 0.1) is 0 Å². The van der Waals surface area contributed by atoms with E-state index in [9.17, 15) is 0 Å². The zero-order valence-corrected chi connectivity index (χ0v) is 13.9. The summed E-state index contributed by atoms with van der Waals surface area (Å²) in [6.45, 7) is 2.60. The van der Waals surface area contributed by atoms with E-state index in [1.807, 2.05) is 6.07 Å². The van der Waals surface area contributed by atoms with E-state index in [0.29, 0.717) is 19.8 Å². The van der Waals surface area contributed by atoms with Gasteiger partial charge in [0.25, 0.3) is 0 Å². The lowest BCUT2D eigenvalue weighted by atomic mass is 10.0. The minimum absolute atomic E-state index is 0.561. The standard InChI is InChI=1S/C17H21BrO3/c1-19-9-4-10-20-11-12-21-17-8-7-14-5-2-3-6-15(14)16(17)13-18/h2-3,5-8H,4,9-13H2,1H3. The number of benzene rings is 2. The minimum Gasteiger partial charge on any atom is -0.491 e. The second-order valence-electron chi connectivity index (χ2n) is 4.70. The molecule has 0 heterocycles. The van der Waals surface area contributed by atoms with Gasteiger partial charge in [0.2, 0.25) is 0 Å². The van der Waals surface area contributed by atoms with Gasteiger partial charge in [-0.05, 0) is 23.3 Å². The van der Waals surface area contributed by atoms with Crippen molar-refractivity contribution in [2.75, 3.05) is 33.5 Å². The number of fused-ring (bicyclic) bond motifs is 1. The van der Waals surface area contributed by atoms with Gasteiger partial charge in [0, 0.05) is 31.2 Å². The van der Waals surface area contributed by atoms with Crippen molar-refractivity contribution in [3.63, 3.8) is 0 Å². The van der Waals surface area contributed by atoms with Gasteiger partial charge in [0.1, 0.15) is 12.4 Å². The van der Waals surface area contributed by atoms with Crippen molar-refractivity contribution in [3.8, 4) is 5.75 Å². The Morgan fingerprint density at radius 1 is 0.952 bits per heavy atom. The largest absolute Gasteiger partial charge is 0.491 e. The highest BCUT2D eigenvalue weighted by Crippen LogP contribution is 2.29. The van der Waals surface area contributed by atoms with Crippen LogP contribution in [0.25, 0.3) is 10.8 Å². The van der Waals surface area contributed by atoms with E-state index in [4.69, 9.17) is 14.2 Å². The maximum Gasteiger partial charge on any atom is 0.124 e. The van der Waals surface area contributed by atoms with Crippen LogP contribution in [0.2, 0.25) is 0 Å². The Hall–Kier alpha value is -1.10. The first-order valence-electron chi connectivity index (χ1n) is 7.13. The molecule has 21 heavy (non-hydrogen) atoms. The molecule has 0 spiro atoms. The second-order valence-corrected chi connectivity index (χ2v) is 5.26. The number of methoxy groups -OCH3 is 1. The summed E-state index contributed by atoms with van der Waals surface area (Å²) in [7, 11) is 1.70. The molecule has 0 atom stereocenters. The molecule has 0 bridgehead atoms. The van der Waals surface area contributed by atoms with Crippen LogP contribution in [0.15, 0.2) is 36.4 Å². The quantitative estimate of drug-likeness (QED) is 0.500. The van der Waals surface area contributed by atoms with E-state index in [-0.39, 0.29) is 0 Å². The van der Waals surface area contributed by atoms with Gasteiger partial charge in [-0.25, -0.2) is 0 Å².